The minimum absolute atomic E-state index is 0.486. The van der Waals surface area contributed by atoms with Crippen molar-refractivity contribution >= 4 is 33.1 Å². The number of rotatable bonds is 3. The number of hydrogen-bond donors (Lipinski definition) is 1. The van der Waals surface area contributed by atoms with E-state index in [2.05, 4.69) is 34.2 Å². The second kappa shape index (κ2) is 4.65. The lowest BCUT2D eigenvalue weighted by Crippen LogP contribution is -1.94. The van der Waals surface area contributed by atoms with E-state index in [0.29, 0.717) is 6.61 Å². The fraction of sp³-hybridized carbons (Fsp3) is 0.0625. The second-order valence-electron chi connectivity index (χ2n) is 4.50. The maximum absolute atomic E-state index is 5.73. The molecule has 97 valence electrons. The van der Waals surface area contributed by atoms with Crippen LogP contribution >= 0.6 is 11.3 Å². The lowest BCUT2D eigenvalue weighted by atomic mass is 10.1. The molecule has 2 aromatic carbocycles. The van der Waals surface area contributed by atoms with Crippen molar-refractivity contribution in [3.63, 3.8) is 0 Å². The minimum atomic E-state index is 0.486. The van der Waals surface area contributed by atoms with E-state index in [4.69, 9.17) is 4.74 Å². The molecule has 2 aromatic heterocycles. The molecular weight excluding hydrogens is 268 g/mol. The molecule has 4 aromatic rings. The predicted octanol–water partition coefficient (Wildman–Crippen LogP) is 4.16. The Morgan fingerprint density at radius 1 is 1.15 bits per heavy atom. The zero-order valence-corrected chi connectivity index (χ0v) is 11.4. The average Bonchev–Trinajstić information content (AvgIpc) is 3.12. The van der Waals surface area contributed by atoms with E-state index in [-0.39, 0.29) is 0 Å². The zero-order chi connectivity index (χ0) is 13.4. The minimum Gasteiger partial charge on any atom is -0.486 e. The maximum Gasteiger partial charge on any atom is 0.140 e. The summed E-state index contributed by atoms with van der Waals surface area (Å²) in [5.41, 5.74) is 2.10. The van der Waals surface area contributed by atoms with Crippen molar-refractivity contribution in [3.05, 3.63) is 59.0 Å². The van der Waals surface area contributed by atoms with Gasteiger partial charge >= 0.3 is 0 Å². The number of fused-ring (bicyclic) bond motifs is 3. The van der Waals surface area contributed by atoms with Crippen molar-refractivity contribution in [2.75, 3.05) is 0 Å². The summed E-state index contributed by atoms with van der Waals surface area (Å²) in [6.07, 6.45) is 1.79. The number of benzene rings is 2. The van der Waals surface area contributed by atoms with Crippen LogP contribution in [0.25, 0.3) is 21.8 Å². The number of nitrogens with zero attached hydrogens (tertiary/aromatic N) is 1. The molecule has 0 aliphatic heterocycles. The molecule has 3 nitrogen and oxygen atoms in total. The van der Waals surface area contributed by atoms with Crippen LogP contribution in [0.3, 0.4) is 0 Å². The van der Waals surface area contributed by atoms with Gasteiger partial charge in [0.25, 0.3) is 0 Å². The molecule has 0 bridgehead atoms. The highest BCUT2D eigenvalue weighted by molar-refractivity contribution is 7.09. The summed E-state index contributed by atoms with van der Waals surface area (Å²) in [5.74, 6) is 0.735. The molecule has 0 fully saturated rings. The Balaban J connectivity index is 1.69. The van der Waals surface area contributed by atoms with Gasteiger partial charge in [-0.2, -0.15) is 0 Å². The highest BCUT2D eigenvalue weighted by Crippen LogP contribution is 2.27. The van der Waals surface area contributed by atoms with Gasteiger partial charge < -0.3 is 9.72 Å². The summed E-state index contributed by atoms with van der Waals surface area (Å²) >= 11 is 1.59. The number of hydrogen-bond acceptors (Lipinski definition) is 3. The molecule has 0 unspecified atom stereocenters. The predicted molar refractivity (Wildman–Crippen MR) is 81.1 cm³/mol. The summed E-state index contributed by atoms with van der Waals surface area (Å²) < 4.78 is 5.73. The highest BCUT2D eigenvalue weighted by atomic mass is 32.1. The Morgan fingerprint density at radius 2 is 2.10 bits per heavy atom. The van der Waals surface area contributed by atoms with Crippen LogP contribution in [0.5, 0.6) is 5.75 Å². The fourth-order valence-corrected chi connectivity index (χ4v) is 2.83. The zero-order valence-electron chi connectivity index (χ0n) is 10.6. The van der Waals surface area contributed by atoms with Gasteiger partial charge in [-0.25, -0.2) is 4.98 Å². The number of thiazole rings is 1. The normalized spacial score (nSPS) is 11.2. The van der Waals surface area contributed by atoms with Crippen molar-refractivity contribution < 1.29 is 4.74 Å². The van der Waals surface area contributed by atoms with Crippen LogP contribution < -0.4 is 4.74 Å². The summed E-state index contributed by atoms with van der Waals surface area (Å²) in [4.78, 5) is 7.56. The van der Waals surface area contributed by atoms with Gasteiger partial charge in [0, 0.05) is 27.9 Å². The van der Waals surface area contributed by atoms with Crippen LogP contribution in [-0.2, 0) is 6.61 Å². The third-order valence-corrected chi connectivity index (χ3v) is 3.98. The molecule has 0 atom stereocenters. The van der Waals surface area contributed by atoms with Crippen LogP contribution in [0.15, 0.2) is 48.0 Å². The molecule has 4 rings (SSSR count). The summed E-state index contributed by atoms with van der Waals surface area (Å²) in [7, 11) is 0. The Labute approximate surface area is 119 Å². The lowest BCUT2D eigenvalue weighted by molar-refractivity contribution is 0.305. The largest absolute Gasteiger partial charge is 0.486 e. The van der Waals surface area contributed by atoms with Crippen molar-refractivity contribution in [2.24, 2.45) is 0 Å². The molecule has 0 saturated carbocycles. The van der Waals surface area contributed by atoms with Gasteiger partial charge in [-0.15, -0.1) is 11.3 Å². The first-order valence-electron chi connectivity index (χ1n) is 6.34. The average molecular weight is 279 g/mol. The molecule has 0 aliphatic rings. The number of para-hydroxylation sites is 1. The standard InChI is InChI=1S/C16H11N2OS/c1-2-4-14-12(3-1)13-6-5-11(9-15(13)18-14)19-10-16-17-7-8-20-16/h1-8,18H,10H2. The quantitative estimate of drug-likeness (QED) is 0.611. The van der Waals surface area contributed by atoms with Crippen LogP contribution in [-0.4, -0.2) is 9.97 Å². The van der Waals surface area contributed by atoms with Gasteiger partial charge in [-0.3, -0.25) is 0 Å². The van der Waals surface area contributed by atoms with Crippen molar-refractivity contribution in [3.8, 4) is 5.75 Å². The molecular formula is C16H11N2OS. The smallest absolute Gasteiger partial charge is 0.140 e. The Morgan fingerprint density at radius 3 is 3.00 bits per heavy atom. The third-order valence-electron chi connectivity index (χ3n) is 3.23. The van der Waals surface area contributed by atoms with Crippen LogP contribution in [0.1, 0.15) is 5.01 Å². The molecule has 2 heterocycles. The number of aromatic nitrogens is 2. The van der Waals surface area contributed by atoms with E-state index >= 15 is 0 Å². The van der Waals surface area contributed by atoms with Gasteiger partial charge in [-0.05, 0) is 18.2 Å². The first kappa shape index (κ1) is 11.5. The van der Waals surface area contributed by atoms with E-state index in [1.54, 1.807) is 17.5 Å². The Bertz CT molecular complexity index is 865. The molecule has 0 spiro atoms. The van der Waals surface area contributed by atoms with E-state index in [1.807, 2.05) is 23.6 Å². The number of nitrogens with one attached hydrogen (secondary N) is 1. The highest BCUT2D eigenvalue weighted by Gasteiger charge is 2.06. The Hall–Kier alpha value is -2.33. The number of aromatic amines is 1. The molecule has 1 radical (unpaired) electrons. The topological polar surface area (TPSA) is 37.9 Å². The molecule has 0 saturated heterocycles. The van der Waals surface area contributed by atoms with Gasteiger partial charge in [-0.1, -0.05) is 18.2 Å². The van der Waals surface area contributed by atoms with Crippen molar-refractivity contribution in [1.82, 2.24) is 9.97 Å². The van der Waals surface area contributed by atoms with E-state index in [1.165, 1.54) is 10.8 Å². The van der Waals surface area contributed by atoms with Crippen LogP contribution in [0.2, 0.25) is 0 Å². The summed E-state index contributed by atoms with van der Waals surface area (Å²) in [6.45, 7) is 0.486. The summed E-state index contributed by atoms with van der Waals surface area (Å²) in [6, 6.07) is 15.6. The fourth-order valence-electron chi connectivity index (χ4n) is 2.31. The molecule has 0 aliphatic carbocycles. The van der Waals surface area contributed by atoms with Gasteiger partial charge in [0.15, 0.2) is 0 Å². The maximum atomic E-state index is 5.73. The number of H-pyrrole nitrogens is 1. The third kappa shape index (κ3) is 1.94. The van der Waals surface area contributed by atoms with E-state index in [0.717, 1.165) is 21.8 Å². The van der Waals surface area contributed by atoms with Gasteiger partial charge in [0.1, 0.15) is 17.4 Å². The van der Waals surface area contributed by atoms with Crippen molar-refractivity contribution in [2.45, 2.75) is 6.61 Å². The van der Waals surface area contributed by atoms with Crippen LogP contribution in [0, 0.1) is 6.07 Å². The van der Waals surface area contributed by atoms with Crippen LogP contribution in [0.4, 0.5) is 0 Å². The lowest BCUT2D eigenvalue weighted by Gasteiger charge is -2.03. The van der Waals surface area contributed by atoms with Crippen molar-refractivity contribution in [1.29, 1.82) is 0 Å². The van der Waals surface area contributed by atoms with E-state index in [9.17, 15) is 0 Å². The SMILES string of the molecule is [c]1c(OCc2nccs2)ccc2c1[nH]c1ccccc12. The first-order valence-corrected chi connectivity index (χ1v) is 7.22. The van der Waals surface area contributed by atoms with E-state index < -0.39 is 0 Å². The monoisotopic (exact) mass is 279 g/mol. The van der Waals surface area contributed by atoms with Gasteiger partial charge in [0.05, 0.1) is 11.6 Å². The van der Waals surface area contributed by atoms with Gasteiger partial charge in [0.2, 0.25) is 0 Å². The molecule has 0 amide bonds. The molecule has 1 N–H and O–H groups in total. The second-order valence-corrected chi connectivity index (χ2v) is 5.48. The number of ether oxygens (including phenoxy) is 1. The molecule has 20 heavy (non-hydrogen) atoms. The molecule has 4 heteroatoms. The Kier molecular flexibility index (Phi) is 2.67. The summed E-state index contributed by atoms with van der Waals surface area (Å²) in [5, 5.41) is 5.30. The first-order chi connectivity index (χ1) is 9.90.